The maximum absolute atomic E-state index is 12.7. The van der Waals surface area contributed by atoms with Crippen LogP contribution in [0, 0.1) is 5.41 Å². The highest BCUT2D eigenvalue weighted by atomic mass is 16.5. The van der Waals surface area contributed by atoms with Gasteiger partial charge in [0.15, 0.2) is 0 Å². The SMILES string of the molecule is O=C(c1ccncn1)N1CCC2(CCN(Cc3cccc(OCc4ccncc4)c3)CC2)CC1. The highest BCUT2D eigenvalue weighted by Gasteiger charge is 2.38. The molecule has 176 valence electrons. The summed E-state index contributed by atoms with van der Waals surface area (Å²) in [6.07, 6.45) is 11.2. The Bertz CT molecular complexity index is 1070. The van der Waals surface area contributed by atoms with E-state index in [-0.39, 0.29) is 5.91 Å². The molecule has 0 bridgehead atoms. The highest BCUT2D eigenvalue weighted by molar-refractivity contribution is 5.92. The molecule has 1 amide bonds. The molecule has 2 saturated heterocycles. The van der Waals surface area contributed by atoms with Gasteiger partial charge in [0.25, 0.3) is 5.91 Å². The fourth-order valence-corrected chi connectivity index (χ4v) is 5.09. The lowest BCUT2D eigenvalue weighted by molar-refractivity contribution is 0.0282. The molecule has 0 aliphatic carbocycles. The standard InChI is InChI=1S/C27H31N5O2/c33-26(25-6-13-29-21-30-25)32-16-9-27(10-17-32)7-14-31(15-8-27)19-23-2-1-3-24(18-23)34-20-22-4-11-28-12-5-22/h1-6,11-13,18,21H,7-10,14-17,19-20H2. The van der Waals surface area contributed by atoms with Crippen molar-refractivity contribution in [3.63, 3.8) is 0 Å². The van der Waals surface area contributed by atoms with E-state index >= 15 is 0 Å². The molecule has 34 heavy (non-hydrogen) atoms. The highest BCUT2D eigenvalue weighted by Crippen LogP contribution is 2.41. The lowest BCUT2D eigenvalue weighted by Gasteiger charge is -2.46. The molecular weight excluding hydrogens is 426 g/mol. The minimum absolute atomic E-state index is 0.0284. The van der Waals surface area contributed by atoms with Gasteiger partial charge in [-0.3, -0.25) is 14.7 Å². The van der Waals surface area contributed by atoms with E-state index in [4.69, 9.17) is 4.74 Å². The summed E-state index contributed by atoms with van der Waals surface area (Å²) in [4.78, 5) is 29.3. The van der Waals surface area contributed by atoms with Gasteiger partial charge in [-0.05, 0) is 85.6 Å². The lowest BCUT2D eigenvalue weighted by Crippen LogP contribution is -2.48. The molecule has 0 atom stereocenters. The van der Waals surface area contributed by atoms with Gasteiger partial charge in [0.05, 0.1) is 0 Å². The zero-order valence-electron chi connectivity index (χ0n) is 19.5. The number of carbonyl (C=O) groups excluding carboxylic acids is 1. The van der Waals surface area contributed by atoms with Gasteiger partial charge in [-0.15, -0.1) is 0 Å². The number of hydrogen-bond acceptors (Lipinski definition) is 6. The molecule has 3 aromatic rings. The van der Waals surface area contributed by atoms with E-state index in [2.05, 4.69) is 38.1 Å². The van der Waals surface area contributed by atoms with Gasteiger partial charge < -0.3 is 9.64 Å². The van der Waals surface area contributed by atoms with Crippen LogP contribution in [-0.4, -0.2) is 56.8 Å². The summed E-state index contributed by atoms with van der Waals surface area (Å²) >= 11 is 0. The molecule has 0 unspecified atom stereocenters. The Labute approximate surface area is 200 Å². The van der Waals surface area contributed by atoms with E-state index in [1.54, 1.807) is 24.7 Å². The van der Waals surface area contributed by atoms with Crippen LogP contribution in [0.1, 0.15) is 47.3 Å². The molecule has 2 fully saturated rings. The quantitative estimate of drug-likeness (QED) is 0.558. The summed E-state index contributed by atoms with van der Waals surface area (Å²) in [5.74, 6) is 0.934. The Morgan fingerprint density at radius 1 is 0.882 bits per heavy atom. The topological polar surface area (TPSA) is 71.5 Å². The average Bonchev–Trinajstić information content (AvgIpc) is 2.90. The fraction of sp³-hybridized carbons (Fsp3) is 0.407. The Hall–Kier alpha value is -3.32. The zero-order chi connectivity index (χ0) is 23.2. The molecule has 0 radical (unpaired) electrons. The lowest BCUT2D eigenvalue weighted by atomic mass is 9.71. The Morgan fingerprint density at radius 2 is 1.62 bits per heavy atom. The molecule has 5 rings (SSSR count). The van der Waals surface area contributed by atoms with E-state index in [0.717, 1.165) is 56.9 Å². The van der Waals surface area contributed by atoms with Crippen molar-refractivity contribution in [1.29, 1.82) is 0 Å². The van der Waals surface area contributed by atoms with Crippen molar-refractivity contribution >= 4 is 5.91 Å². The van der Waals surface area contributed by atoms with Gasteiger partial charge in [0.2, 0.25) is 0 Å². The number of likely N-dealkylation sites (tertiary alicyclic amines) is 2. The summed E-state index contributed by atoms with van der Waals surface area (Å²) in [6, 6.07) is 14.1. The minimum Gasteiger partial charge on any atom is -0.489 e. The largest absolute Gasteiger partial charge is 0.489 e. The Morgan fingerprint density at radius 3 is 2.35 bits per heavy atom. The average molecular weight is 458 g/mol. The summed E-state index contributed by atoms with van der Waals surface area (Å²) < 4.78 is 5.99. The van der Waals surface area contributed by atoms with Crippen molar-refractivity contribution < 1.29 is 9.53 Å². The van der Waals surface area contributed by atoms with Crippen LogP contribution >= 0.6 is 0 Å². The predicted octanol–water partition coefficient (Wildman–Crippen LogP) is 3.97. The third-order valence-corrected chi connectivity index (χ3v) is 7.29. The van der Waals surface area contributed by atoms with Crippen LogP contribution in [0.15, 0.2) is 67.4 Å². The molecular formula is C27H31N5O2. The van der Waals surface area contributed by atoms with Crippen molar-refractivity contribution in [3.05, 3.63) is 84.2 Å². The third kappa shape index (κ3) is 5.42. The second kappa shape index (κ2) is 10.3. The van der Waals surface area contributed by atoms with Gasteiger partial charge in [-0.1, -0.05) is 12.1 Å². The summed E-state index contributed by atoms with van der Waals surface area (Å²) in [7, 11) is 0. The summed E-state index contributed by atoms with van der Waals surface area (Å²) in [5.41, 5.74) is 3.27. The van der Waals surface area contributed by atoms with Crippen LogP contribution in [0.4, 0.5) is 0 Å². The smallest absolute Gasteiger partial charge is 0.272 e. The second-order valence-electron chi connectivity index (χ2n) is 9.45. The van der Waals surface area contributed by atoms with Crippen LogP contribution in [0.2, 0.25) is 0 Å². The summed E-state index contributed by atoms with van der Waals surface area (Å²) in [5, 5.41) is 0. The fourth-order valence-electron chi connectivity index (χ4n) is 5.09. The molecule has 1 spiro atoms. The van der Waals surface area contributed by atoms with E-state index in [0.29, 0.717) is 17.7 Å². The number of pyridine rings is 1. The first-order chi connectivity index (χ1) is 16.7. The number of amides is 1. The van der Waals surface area contributed by atoms with Crippen LogP contribution in [0.25, 0.3) is 0 Å². The number of ether oxygens (including phenoxy) is 1. The Balaban J connectivity index is 1.10. The van der Waals surface area contributed by atoms with Crippen LogP contribution in [0.5, 0.6) is 5.75 Å². The number of rotatable bonds is 6. The number of hydrogen-bond donors (Lipinski definition) is 0. The van der Waals surface area contributed by atoms with Crippen LogP contribution < -0.4 is 4.74 Å². The number of piperidine rings is 2. The van der Waals surface area contributed by atoms with E-state index in [9.17, 15) is 4.79 Å². The summed E-state index contributed by atoms with van der Waals surface area (Å²) in [6.45, 7) is 5.33. The third-order valence-electron chi connectivity index (χ3n) is 7.29. The van der Waals surface area contributed by atoms with E-state index in [1.807, 2.05) is 23.1 Å². The maximum Gasteiger partial charge on any atom is 0.272 e. The molecule has 0 saturated carbocycles. The van der Waals surface area contributed by atoms with Gasteiger partial charge >= 0.3 is 0 Å². The van der Waals surface area contributed by atoms with E-state index < -0.39 is 0 Å². The predicted molar refractivity (Wildman–Crippen MR) is 129 cm³/mol. The first-order valence-electron chi connectivity index (χ1n) is 12.1. The molecule has 7 heteroatoms. The monoisotopic (exact) mass is 457 g/mol. The van der Waals surface area contributed by atoms with Crippen molar-refractivity contribution in [2.24, 2.45) is 5.41 Å². The van der Waals surface area contributed by atoms with Gasteiger partial charge in [-0.25, -0.2) is 9.97 Å². The number of carbonyl (C=O) groups is 1. The zero-order valence-corrected chi connectivity index (χ0v) is 19.5. The molecule has 7 nitrogen and oxygen atoms in total. The molecule has 2 aliphatic rings. The Kier molecular flexibility index (Phi) is 6.81. The molecule has 4 heterocycles. The molecule has 1 aromatic carbocycles. The first kappa shape index (κ1) is 22.5. The van der Waals surface area contributed by atoms with Gasteiger partial charge in [-0.2, -0.15) is 0 Å². The molecule has 0 N–H and O–H groups in total. The second-order valence-corrected chi connectivity index (χ2v) is 9.45. The number of aromatic nitrogens is 3. The number of benzene rings is 1. The van der Waals surface area contributed by atoms with Gasteiger partial charge in [0.1, 0.15) is 24.4 Å². The minimum atomic E-state index is 0.0284. The molecule has 2 aromatic heterocycles. The normalized spacial score (nSPS) is 18.1. The maximum atomic E-state index is 12.7. The van der Waals surface area contributed by atoms with Crippen molar-refractivity contribution in [2.75, 3.05) is 26.2 Å². The number of nitrogens with zero attached hydrogens (tertiary/aromatic N) is 5. The van der Waals surface area contributed by atoms with Crippen LogP contribution in [0.3, 0.4) is 0 Å². The van der Waals surface area contributed by atoms with Crippen molar-refractivity contribution in [1.82, 2.24) is 24.8 Å². The van der Waals surface area contributed by atoms with Crippen molar-refractivity contribution in [3.8, 4) is 5.75 Å². The van der Waals surface area contributed by atoms with Crippen molar-refractivity contribution in [2.45, 2.75) is 38.8 Å². The van der Waals surface area contributed by atoms with E-state index in [1.165, 1.54) is 24.7 Å². The van der Waals surface area contributed by atoms with Gasteiger partial charge in [0, 0.05) is 38.2 Å². The first-order valence-corrected chi connectivity index (χ1v) is 12.1. The molecule has 2 aliphatic heterocycles. The van der Waals surface area contributed by atoms with Crippen LogP contribution in [-0.2, 0) is 13.2 Å².